The minimum Gasteiger partial charge on any atom is -0.460 e. The van der Waals surface area contributed by atoms with Gasteiger partial charge in [-0.25, -0.2) is 15.0 Å². The highest BCUT2D eigenvalue weighted by Crippen LogP contribution is 2.15. The van der Waals surface area contributed by atoms with Crippen molar-refractivity contribution in [1.82, 2.24) is 19.5 Å². The Bertz CT molecular complexity index is 867. The van der Waals surface area contributed by atoms with Gasteiger partial charge in [-0.3, -0.25) is 4.79 Å². The number of benzene rings is 1. The number of aliphatic hydroxyl groups excluding tert-OH is 1. The van der Waals surface area contributed by atoms with Crippen LogP contribution in [0.25, 0.3) is 11.2 Å². The minimum atomic E-state index is -1.19. The molecule has 130 valence electrons. The van der Waals surface area contributed by atoms with Gasteiger partial charge in [0.1, 0.15) is 24.5 Å². The summed E-state index contributed by atoms with van der Waals surface area (Å²) in [5.41, 5.74) is 13.2. The Morgan fingerprint density at radius 1 is 1.24 bits per heavy atom. The summed E-state index contributed by atoms with van der Waals surface area (Å²) in [5, 5.41) is 10.2. The number of nitrogens with two attached hydrogens (primary N) is 2. The van der Waals surface area contributed by atoms with Crippen LogP contribution in [0, 0.1) is 0 Å². The monoisotopic (exact) mass is 342 g/mol. The van der Waals surface area contributed by atoms with Crippen LogP contribution in [0.2, 0.25) is 0 Å². The highest BCUT2D eigenvalue weighted by Gasteiger charge is 2.25. The molecular weight excluding hydrogens is 324 g/mol. The molecule has 2 aromatic heterocycles. The van der Waals surface area contributed by atoms with E-state index >= 15 is 0 Å². The molecule has 0 amide bonds. The molecule has 0 spiro atoms. The summed E-state index contributed by atoms with van der Waals surface area (Å²) in [6.45, 7) is 0.117. The highest BCUT2D eigenvalue weighted by atomic mass is 16.5. The highest BCUT2D eigenvalue weighted by molar-refractivity contribution is 5.81. The number of hydrogen-bond acceptors (Lipinski definition) is 8. The molecule has 9 heteroatoms. The maximum Gasteiger partial charge on any atom is 0.326 e. The van der Waals surface area contributed by atoms with Crippen LogP contribution in [0.5, 0.6) is 0 Å². The quantitative estimate of drug-likeness (QED) is 0.525. The molecule has 0 unspecified atom stereocenters. The van der Waals surface area contributed by atoms with E-state index in [1.54, 1.807) is 4.57 Å². The van der Waals surface area contributed by atoms with Gasteiger partial charge in [0.2, 0.25) is 0 Å². The Hall–Kier alpha value is -3.04. The molecule has 0 aliphatic carbocycles. The number of nitrogens with zero attached hydrogens (tertiary/aromatic N) is 4. The zero-order valence-corrected chi connectivity index (χ0v) is 13.3. The molecule has 0 saturated carbocycles. The normalized spacial score (nSPS) is 13.5. The smallest absolute Gasteiger partial charge is 0.326 e. The van der Waals surface area contributed by atoms with E-state index in [4.69, 9.17) is 16.2 Å². The third kappa shape index (κ3) is 3.73. The van der Waals surface area contributed by atoms with Gasteiger partial charge in [0, 0.05) is 0 Å². The van der Waals surface area contributed by atoms with Crippen molar-refractivity contribution in [3.63, 3.8) is 0 Å². The van der Waals surface area contributed by atoms with Gasteiger partial charge in [-0.1, -0.05) is 30.3 Å². The first kappa shape index (κ1) is 16.8. The van der Waals surface area contributed by atoms with Crippen molar-refractivity contribution < 1.29 is 14.6 Å². The average molecular weight is 342 g/mol. The molecule has 0 radical (unpaired) electrons. The standard InChI is InChI=1S/C16H18N6O3/c17-12(16(24)25-7-10-4-2-1-3-5-10)11(23)6-22-9-21-13-14(18)19-8-20-15(13)22/h1-5,8-9,11-12,23H,6-7,17H2,(H2,18,19,20)/t11-,12-/m0/s1. The molecular formula is C16H18N6O3. The lowest BCUT2D eigenvalue weighted by atomic mass is 10.1. The Kier molecular flexibility index (Phi) is 4.87. The number of aromatic nitrogens is 4. The lowest BCUT2D eigenvalue weighted by molar-refractivity contribution is -0.149. The summed E-state index contributed by atoms with van der Waals surface area (Å²) in [5.74, 6) is -0.445. The number of nitrogen functional groups attached to an aromatic ring is 1. The van der Waals surface area contributed by atoms with E-state index in [9.17, 15) is 9.90 Å². The molecule has 3 aromatic rings. The van der Waals surface area contributed by atoms with E-state index in [1.165, 1.54) is 12.7 Å². The summed E-state index contributed by atoms with van der Waals surface area (Å²) >= 11 is 0. The van der Waals surface area contributed by atoms with Crippen molar-refractivity contribution in [1.29, 1.82) is 0 Å². The van der Waals surface area contributed by atoms with Crippen molar-refractivity contribution in [2.45, 2.75) is 25.3 Å². The fraction of sp³-hybridized carbons (Fsp3) is 0.250. The maximum atomic E-state index is 12.0. The summed E-state index contributed by atoms with van der Waals surface area (Å²) in [7, 11) is 0. The Balaban J connectivity index is 1.62. The lowest BCUT2D eigenvalue weighted by Crippen LogP contribution is -2.45. The van der Waals surface area contributed by atoms with Crippen molar-refractivity contribution in [3.8, 4) is 0 Å². The molecule has 0 fully saturated rings. The van der Waals surface area contributed by atoms with Crippen LogP contribution in [-0.2, 0) is 22.7 Å². The number of esters is 1. The van der Waals surface area contributed by atoms with E-state index in [2.05, 4.69) is 15.0 Å². The summed E-state index contributed by atoms with van der Waals surface area (Å²) in [6, 6.07) is 8.02. The summed E-state index contributed by atoms with van der Waals surface area (Å²) in [4.78, 5) is 24.0. The number of carbonyl (C=O) groups excluding carboxylic acids is 1. The second kappa shape index (κ2) is 7.24. The van der Waals surface area contributed by atoms with Crippen LogP contribution in [0.3, 0.4) is 0 Å². The third-order valence-electron chi connectivity index (χ3n) is 3.72. The van der Waals surface area contributed by atoms with Crippen molar-refractivity contribution >= 4 is 23.0 Å². The second-order valence-corrected chi connectivity index (χ2v) is 5.51. The van der Waals surface area contributed by atoms with Gasteiger partial charge in [0.05, 0.1) is 19.0 Å². The molecule has 0 bridgehead atoms. The zero-order valence-electron chi connectivity index (χ0n) is 13.3. The maximum absolute atomic E-state index is 12.0. The van der Waals surface area contributed by atoms with Gasteiger partial charge < -0.3 is 25.9 Å². The van der Waals surface area contributed by atoms with Gasteiger partial charge in [-0.15, -0.1) is 0 Å². The number of carbonyl (C=O) groups is 1. The molecule has 9 nitrogen and oxygen atoms in total. The second-order valence-electron chi connectivity index (χ2n) is 5.51. The Morgan fingerprint density at radius 2 is 2.00 bits per heavy atom. The van der Waals surface area contributed by atoms with E-state index < -0.39 is 18.1 Å². The molecule has 0 aliphatic heterocycles. The predicted octanol–water partition coefficient (Wildman–Crippen LogP) is -0.160. The van der Waals surface area contributed by atoms with Crippen molar-refractivity contribution in [2.75, 3.05) is 5.73 Å². The van der Waals surface area contributed by atoms with Crippen LogP contribution >= 0.6 is 0 Å². The third-order valence-corrected chi connectivity index (χ3v) is 3.72. The van der Waals surface area contributed by atoms with Crippen LogP contribution in [0.4, 0.5) is 5.82 Å². The van der Waals surface area contributed by atoms with E-state index in [0.717, 1.165) is 5.56 Å². The fourth-order valence-corrected chi connectivity index (χ4v) is 2.33. The average Bonchev–Trinajstić information content (AvgIpc) is 3.04. The molecule has 0 saturated heterocycles. The Labute approximate surface area is 143 Å². The molecule has 2 atom stereocenters. The Morgan fingerprint density at radius 3 is 2.76 bits per heavy atom. The zero-order chi connectivity index (χ0) is 17.8. The number of imidazole rings is 1. The van der Waals surface area contributed by atoms with Crippen LogP contribution in [0.1, 0.15) is 5.56 Å². The number of fused-ring (bicyclic) bond motifs is 1. The van der Waals surface area contributed by atoms with E-state index in [-0.39, 0.29) is 19.0 Å². The molecule has 2 heterocycles. The van der Waals surface area contributed by atoms with Crippen LogP contribution < -0.4 is 11.5 Å². The fourth-order valence-electron chi connectivity index (χ4n) is 2.33. The molecule has 0 aliphatic rings. The topological polar surface area (TPSA) is 142 Å². The van der Waals surface area contributed by atoms with Gasteiger partial charge in [-0.2, -0.15) is 0 Å². The van der Waals surface area contributed by atoms with E-state index in [1.807, 2.05) is 30.3 Å². The van der Waals surface area contributed by atoms with Crippen molar-refractivity contribution in [3.05, 3.63) is 48.5 Å². The summed E-state index contributed by atoms with van der Waals surface area (Å²) < 4.78 is 6.70. The molecule has 3 rings (SSSR count). The lowest BCUT2D eigenvalue weighted by Gasteiger charge is -2.18. The van der Waals surface area contributed by atoms with E-state index in [0.29, 0.717) is 11.2 Å². The van der Waals surface area contributed by atoms with Gasteiger partial charge in [0.15, 0.2) is 11.5 Å². The van der Waals surface area contributed by atoms with Gasteiger partial charge in [-0.05, 0) is 5.56 Å². The first-order chi connectivity index (χ1) is 12.1. The van der Waals surface area contributed by atoms with Crippen LogP contribution in [-0.4, -0.2) is 42.7 Å². The van der Waals surface area contributed by atoms with Crippen LogP contribution in [0.15, 0.2) is 43.0 Å². The summed E-state index contributed by atoms with van der Waals surface area (Å²) in [6.07, 6.45) is 1.59. The van der Waals surface area contributed by atoms with Gasteiger partial charge in [0.25, 0.3) is 0 Å². The number of ether oxygens (including phenoxy) is 1. The minimum absolute atomic E-state index is 0.0224. The number of hydrogen-bond donors (Lipinski definition) is 3. The largest absolute Gasteiger partial charge is 0.460 e. The predicted molar refractivity (Wildman–Crippen MR) is 90.0 cm³/mol. The number of aliphatic hydroxyl groups is 1. The molecule has 1 aromatic carbocycles. The van der Waals surface area contributed by atoms with Gasteiger partial charge >= 0.3 is 5.97 Å². The number of anilines is 1. The number of rotatable bonds is 6. The first-order valence-electron chi connectivity index (χ1n) is 7.62. The molecule has 5 N–H and O–H groups in total. The van der Waals surface area contributed by atoms with Crippen molar-refractivity contribution in [2.24, 2.45) is 5.73 Å². The SMILES string of the molecule is Nc1ncnc2c1ncn2C[C@H](O)[C@H](N)C(=O)OCc1ccccc1. The molecule has 25 heavy (non-hydrogen) atoms. The first-order valence-corrected chi connectivity index (χ1v) is 7.62.